The average Bonchev–Trinajstić information content (AvgIpc) is 3.70. The van der Waals surface area contributed by atoms with E-state index in [2.05, 4.69) is 42.7 Å². The molecular weight excluding hydrogens is 699 g/mol. The Kier molecular flexibility index (Phi) is 10.7. The maximum atomic E-state index is 11.5. The van der Waals surface area contributed by atoms with Gasteiger partial charge in [-0.2, -0.15) is 0 Å². The highest BCUT2D eigenvalue weighted by Gasteiger charge is 2.23. The molecule has 2 saturated heterocycles. The van der Waals surface area contributed by atoms with Crippen molar-refractivity contribution in [2.45, 2.75) is 57.8 Å². The number of pyridine rings is 3. The lowest BCUT2D eigenvalue weighted by Gasteiger charge is -2.31. The molecule has 2 amide bonds. The van der Waals surface area contributed by atoms with Crippen LogP contribution in [0.25, 0.3) is 44.7 Å². The number of benzene rings is 1. The number of carbonyl (C=O) groups is 2. The van der Waals surface area contributed by atoms with E-state index in [1.54, 1.807) is 20.2 Å². The van der Waals surface area contributed by atoms with Crippen LogP contribution in [-0.4, -0.2) is 75.1 Å². The van der Waals surface area contributed by atoms with E-state index in [1.165, 1.54) is 0 Å². The number of piperidine rings is 1. The summed E-state index contributed by atoms with van der Waals surface area (Å²) in [7, 11) is 3.63. The van der Waals surface area contributed by atoms with E-state index in [1.807, 2.05) is 49.6 Å². The molecule has 13 heteroatoms. The predicted molar refractivity (Wildman–Crippen MR) is 204 cm³/mol. The number of nitrogens with one attached hydrogen (secondary N) is 3. The Hall–Kier alpha value is -4.55. The zero-order valence-electron chi connectivity index (χ0n) is 29.5. The number of likely N-dealkylation sites (tertiary alicyclic amines) is 1. The number of rotatable bonds is 11. The Morgan fingerprint density at radius 1 is 1.02 bits per heavy atom. The van der Waals surface area contributed by atoms with Gasteiger partial charge in [-0.25, -0.2) is 4.98 Å². The largest absolute Gasteiger partial charge is 0.481 e. The van der Waals surface area contributed by atoms with Crippen molar-refractivity contribution < 1.29 is 14.3 Å². The summed E-state index contributed by atoms with van der Waals surface area (Å²) in [5, 5.41) is 10.4. The van der Waals surface area contributed by atoms with Gasteiger partial charge in [0, 0.05) is 117 Å². The van der Waals surface area contributed by atoms with Crippen LogP contribution in [0.3, 0.4) is 0 Å². The number of aryl methyl sites for hydroxylation is 1. The van der Waals surface area contributed by atoms with E-state index >= 15 is 0 Å². The van der Waals surface area contributed by atoms with Crippen LogP contribution in [0.4, 0.5) is 0 Å². The summed E-state index contributed by atoms with van der Waals surface area (Å²) in [6.45, 7) is 5.44. The smallest absolute Gasteiger partial charge is 0.220 e. The summed E-state index contributed by atoms with van der Waals surface area (Å²) in [6, 6.07) is 14.1. The minimum Gasteiger partial charge on any atom is -0.481 e. The van der Waals surface area contributed by atoms with Gasteiger partial charge in [0.15, 0.2) is 0 Å². The fraction of sp³-hybridized carbons (Fsp3) is 0.359. The van der Waals surface area contributed by atoms with Crippen molar-refractivity contribution in [3.8, 4) is 39.5 Å². The number of aromatic nitrogens is 4. The second-order valence-corrected chi connectivity index (χ2v) is 14.4. The first-order chi connectivity index (χ1) is 25.2. The minimum atomic E-state index is 0.0301. The Morgan fingerprint density at radius 3 is 2.56 bits per heavy atom. The van der Waals surface area contributed by atoms with Crippen molar-refractivity contribution in [3.05, 3.63) is 82.2 Å². The van der Waals surface area contributed by atoms with Crippen molar-refractivity contribution in [2.24, 2.45) is 7.05 Å². The molecule has 0 radical (unpaired) electrons. The molecule has 0 saturated carbocycles. The second-order valence-electron chi connectivity index (χ2n) is 13.6. The van der Waals surface area contributed by atoms with Crippen molar-refractivity contribution in [3.63, 3.8) is 0 Å². The molecule has 2 fully saturated rings. The van der Waals surface area contributed by atoms with E-state index < -0.39 is 0 Å². The summed E-state index contributed by atoms with van der Waals surface area (Å²) < 4.78 is 7.76. The summed E-state index contributed by atoms with van der Waals surface area (Å²) in [5.74, 6) is 0.634. The number of hydrogen-bond donors (Lipinski definition) is 3. The van der Waals surface area contributed by atoms with Gasteiger partial charge in [-0.05, 0) is 37.5 Å². The van der Waals surface area contributed by atoms with Gasteiger partial charge in [-0.1, -0.05) is 47.5 Å². The molecule has 1 atom stereocenters. The van der Waals surface area contributed by atoms with Crippen LogP contribution < -0.4 is 20.7 Å². The summed E-state index contributed by atoms with van der Waals surface area (Å²) in [5.41, 5.74) is 8.37. The number of amides is 2. The quantitative estimate of drug-likeness (QED) is 0.147. The molecule has 2 aliphatic rings. The SMILES string of the molecule is COc1nc(-c2cccc(-c3ccnc(-c4cnc5c(CN6CCC(NC(C)=O)CC6)cn(C)c5c4)c3Cl)c2Cl)ccc1CNC[C@H]1CCC(=O)N1. The molecule has 0 unspecified atom stereocenters. The first kappa shape index (κ1) is 35.8. The molecule has 2 aliphatic heterocycles. The molecule has 7 rings (SSSR count). The highest BCUT2D eigenvalue weighted by molar-refractivity contribution is 6.39. The molecule has 4 aromatic heterocycles. The molecule has 52 heavy (non-hydrogen) atoms. The lowest BCUT2D eigenvalue weighted by Crippen LogP contribution is -2.43. The first-order valence-electron chi connectivity index (χ1n) is 17.6. The summed E-state index contributed by atoms with van der Waals surface area (Å²) in [6.07, 6.45) is 9.00. The van der Waals surface area contributed by atoms with Crippen LogP contribution in [0.5, 0.6) is 5.88 Å². The Balaban J connectivity index is 1.10. The number of hydrogen-bond acceptors (Lipinski definition) is 8. The molecule has 270 valence electrons. The van der Waals surface area contributed by atoms with E-state index in [0.29, 0.717) is 46.8 Å². The Morgan fingerprint density at radius 2 is 1.81 bits per heavy atom. The minimum absolute atomic E-state index is 0.0301. The van der Waals surface area contributed by atoms with E-state index in [9.17, 15) is 9.59 Å². The third kappa shape index (κ3) is 7.64. The maximum Gasteiger partial charge on any atom is 0.220 e. The van der Waals surface area contributed by atoms with E-state index in [0.717, 1.165) is 83.3 Å². The van der Waals surface area contributed by atoms with Crippen LogP contribution in [0.15, 0.2) is 61.1 Å². The van der Waals surface area contributed by atoms with Crippen molar-refractivity contribution in [1.82, 2.24) is 40.4 Å². The number of ether oxygens (including phenoxy) is 1. The number of nitrogens with zero attached hydrogens (tertiary/aromatic N) is 5. The molecular formula is C39H42Cl2N8O3. The maximum absolute atomic E-state index is 11.5. The van der Waals surface area contributed by atoms with Gasteiger partial charge in [0.25, 0.3) is 0 Å². The molecule has 1 aromatic carbocycles. The van der Waals surface area contributed by atoms with Crippen LogP contribution in [0.1, 0.15) is 43.7 Å². The zero-order chi connectivity index (χ0) is 36.4. The highest BCUT2D eigenvalue weighted by Crippen LogP contribution is 2.42. The second kappa shape index (κ2) is 15.6. The van der Waals surface area contributed by atoms with Gasteiger partial charge < -0.3 is 25.3 Å². The lowest BCUT2D eigenvalue weighted by atomic mass is 9.99. The van der Waals surface area contributed by atoms with Gasteiger partial charge in [0.2, 0.25) is 17.7 Å². The van der Waals surface area contributed by atoms with Crippen LogP contribution >= 0.6 is 23.2 Å². The molecule has 11 nitrogen and oxygen atoms in total. The monoisotopic (exact) mass is 740 g/mol. The third-order valence-electron chi connectivity index (χ3n) is 9.94. The first-order valence-corrected chi connectivity index (χ1v) is 18.4. The number of methoxy groups -OCH3 is 1. The van der Waals surface area contributed by atoms with Gasteiger partial charge in [-0.3, -0.25) is 24.5 Å². The van der Waals surface area contributed by atoms with Crippen molar-refractivity contribution in [1.29, 1.82) is 0 Å². The molecule has 0 bridgehead atoms. The van der Waals surface area contributed by atoms with Gasteiger partial charge >= 0.3 is 0 Å². The predicted octanol–water partition coefficient (Wildman–Crippen LogP) is 6.15. The van der Waals surface area contributed by atoms with Crippen molar-refractivity contribution in [2.75, 3.05) is 26.7 Å². The number of fused-ring (bicyclic) bond motifs is 1. The number of carbonyl (C=O) groups excluding carboxylic acids is 2. The zero-order valence-corrected chi connectivity index (χ0v) is 31.0. The van der Waals surface area contributed by atoms with Gasteiger partial charge in [0.1, 0.15) is 0 Å². The molecule has 5 aromatic rings. The normalized spacial score (nSPS) is 16.7. The molecule has 3 N–H and O–H groups in total. The molecule has 0 spiro atoms. The molecule has 6 heterocycles. The number of halogens is 2. The Labute approximate surface area is 313 Å². The summed E-state index contributed by atoms with van der Waals surface area (Å²) in [4.78, 5) is 39.8. The molecule has 0 aliphatic carbocycles. The highest BCUT2D eigenvalue weighted by atomic mass is 35.5. The van der Waals surface area contributed by atoms with Crippen LogP contribution in [0, 0.1) is 0 Å². The van der Waals surface area contributed by atoms with Crippen LogP contribution in [-0.2, 0) is 29.7 Å². The fourth-order valence-electron chi connectivity index (χ4n) is 7.28. The third-order valence-corrected chi connectivity index (χ3v) is 10.7. The van der Waals surface area contributed by atoms with Crippen LogP contribution in [0.2, 0.25) is 10.0 Å². The van der Waals surface area contributed by atoms with Gasteiger partial charge in [0.05, 0.1) is 39.6 Å². The fourth-order valence-corrected chi connectivity index (χ4v) is 7.92. The van der Waals surface area contributed by atoms with E-state index in [4.69, 9.17) is 37.9 Å². The lowest BCUT2D eigenvalue weighted by molar-refractivity contribution is -0.120. The standard InChI is InChI=1S/C39H42Cl2N8O3/c1-23(50)45-27-12-15-49(16-13-27)22-26-21-48(2)33-17-25(19-44-37(26)33)38-36(41)30(11-14-43-38)29-5-4-6-31(35(29)40)32-9-7-24(39(47-32)52-3)18-42-20-28-8-10-34(51)46-28/h4-7,9,11,14,17,19,21,27-28,42H,8,10,12-13,15-16,18,20,22H2,1-3H3,(H,45,50)(H,46,51)/t28-/m1/s1. The Bertz CT molecular complexity index is 2130. The topological polar surface area (TPSA) is 126 Å². The van der Waals surface area contributed by atoms with Gasteiger partial charge in [-0.15, -0.1) is 0 Å². The average molecular weight is 742 g/mol. The van der Waals surface area contributed by atoms with E-state index in [-0.39, 0.29) is 23.9 Å². The summed E-state index contributed by atoms with van der Waals surface area (Å²) >= 11 is 14.3. The van der Waals surface area contributed by atoms with Crippen molar-refractivity contribution >= 4 is 46.0 Å².